The zero-order valence-corrected chi connectivity index (χ0v) is 8.85. The van der Waals surface area contributed by atoms with Crippen LogP contribution in [-0.4, -0.2) is 29.3 Å². The van der Waals surface area contributed by atoms with Gasteiger partial charge in [-0.1, -0.05) is 12.8 Å². The van der Waals surface area contributed by atoms with Crippen molar-refractivity contribution in [2.24, 2.45) is 0 Å². The molecule has 1 spiro atoms. The molecule has 2 rings (SSSR count). The van der Waals surface area contributed by atoms with Crippen molar-refractivity contribution >= 4 is 0 Å². The molecule has 0 aromatic heterocycles. The lowest BCUT2D eigenvalue weighted by Crippen LogP contribution is -2.30. The van der Waals surface area contributed by atoms with Gasteiger partial charge < -0.3 is 9.84 Å². The smallest absolute Gasteiger partial charge is 0.273 e. The van der Waals surface area contributed by atoms with Crippen molar-refractivity contribution in [2.45, 2.75) is 62.6 Å². The number of alkyl halides is 2. The van der Waals surface area contributed by atoms with Crippen LogP contribution in [0.2, 0.25) is 0 Å². The number of ether oxygens (including phenoxy) is 1. The zero-order chi connectivity index (χ0) is 10.9. The maximum Gasteiger partial charge on any atom is 0.273 e. The van der Waals surface area contributed by atoms with Crippen LogP contribution in [0.1, 0.15) is 44.9 Å². The van der Waals surface area contributed by atoms with Crippen molar-refractivity contribution in [3.8, 4) is 0 Å². The minimum absolute atomic E-state index is 0.0871. The molecule has 4 heteroatoms. The summed E-state index contributed by atoms with van der Waals surface area (Å²) in [6, 6.07) is 0. The van der Waals surface area contributed by atoms with Gasteiger partial charge in [-0.3, -0.25) is 0 Å². The Morgan fingerprint density at radius 3 is 2.53 bits per heavy atom. The third kappa shape index (κ3) is 2.48. The Morgan fingerprint density at radius 1 is 1.27 bits per heavy atom. The van der Waals surface area contributed by atoms with Crippen LogP contribution in [0.4, 0.5) is 8.78 Å². The fraction of sp³-hybridized carbons (Fsp3) is 1.00. The monoisotopic (exact) mass is 220 g/mol. The summed E-state index contributed by atoms with van der Waals surface area (Å²) in [5.74, 6) is -2.98. The minimum Gasteiger partial charge on any atom is -0.390 e. The predicted octanol–water partition coefficient (Wildman–Crippen LogP) is 2.50. The van der Waals surface area contributed by atoms with Crippen LogP contribution in [0.15, 0.2) is 0 Å². The van der Waals surface area contributed by atoms with Crippen LogP contribution in [0.5, 0.6) is 0 Å². The Kier molecular flexibility index (Phi) is 2.99. The molecule has 2 fully saturated rings. The average Bonchev–Trinajstić information content (AvgIpc) is 2.78. The Hall–Kier alpha value is -0.220. The van der Waals surface area contributed by atoms with Gasteiger partial charge in [0, 0.05) is 6.42 Å². The van der Waals surface area contributed by atoms with Crippen LogP contribution < -0.4 is 0 Å². The van der Waals surface area contributed by atoms with Gasteiger partial charge in [-0.15, -0.1) is 0 Å². The van der Waals surface area contributed by atoms with Crippen LogP contribution >= 0.6 is 0 Å². The molecule has 1 saturated carbocycles. The molecule has 0 aromatic rings. The molecule has 1 N–H and O–H groups in total. The van der Waals surface area contributed by atoms with E-state index in [0.29, 0.717) is 0 Å². The molecule has 1 unspecified atom stereocenters. The van der Waals surface area contributed by atoms with Crippen molar-refractivity contribution in [2.75, 3.05) is 6.61 Å². The summed E-state index contributed by atoms with van der Waals surface area (Å²) < 4.78 is 31.7. The zero-order valence-electron chi connectivity index (χ0n) is 8.85. The molecule has 0 aromatic carbocycles. The Labute approximate surface area is 88.6 Å². The summed E-state index contributed by atoms with van der Waals surface area (Å²) >= 11 is 0. The molecule has 2 nitrogen and oxygen atoms in total. The molecule has 2 aliphatic rings. The fourth-order valence-corrected chi connectivity index (χ4v) is 2.82. The lowest BCUT2D eigenvalue weighted by atomic mass is 9.97. The van der Waals surface area contributed by atoms with Gasteiger partial charge in [0.05, 0.1) is 11.7 Å². The first kappa shape index (κ1) is 11.3. The lowest BCUT2D eigenvalue weighted by Gasteiger charge is -2.25. The molecule has 1 heterocycles. The summed E-state index contributed by atoms with van der Waals surface area (Å²) in [6.45, 7) is -1.07. The Bertz CT molecular complexity index is 225. The Morgan fingerprint density at radius 2 is 1.93 bits per heavy atom. The van der Waals surface area contributed by atoms with Gasteiger partial charge in [-0.05, 0) is 25.7 Å². The molecule has 0 amide bonds. The van der Waals surface area contributed by atoms with E-state index < -0.39 is 12.5 Å². The summed E-state index contributed by atoms with van der Waals surface area (Å²) in [6.07, 6.45) is 5.31. The standard InChI is InChI=1S/C11H18F2O2/c12-11(13,8-14)7-9-3-6-10(15-9)4-1-2-5-10/h9,14H,1-8H2. The van der Waals surface area contributed by atoms with Gasteiger partial charge in [-0.25, -0.2) is 8.78 Å². The average molecular weight is 220 g/mol. The van der Waals surface area contributed by atoms with Gasteiger partial charge in [0.1, 0.15) is 6.61 Å². The van der Waals surface area contributed by atoms with E-state index in [1.54, 1.807) is 0 Å². The molecule has 88 valence electrons. The molecule has 1 aliphatic carbocycles. The highest BCUT2D eigenvalue weighted by Gasteiger charge is 2.45. The van der Waals surface area contributed by atoms with Gasteiger partial charge in [0.25, 0.3) is 5.92 Å². The van der Waals surface area contributed by atoms with E-state index in [0.717, 1.165) is 38.5 Å². The number of aliphatic hydroxyl groups excluding tert-OH is 1. The van der Waals surface area contributed by atoms with E-state index in [4.69, 9.17) is 9.84 Å². The number of rotatable bonds is 3. The maximum atomic E-state index is 13.0. The van der Waals surface area contributed by atoms with E-state index >= 15 is 0 Å². The highest BCUT2D eigenvalue weighted by Crippen LogP contribution is 2.45. The normalized spacial score (nSPS) is 30.2. The first-order valence-electron chi connectivity index (χ1n) is 5.72. The summed E-state index contributed by atoms with van der Waals surface area (Å²) in [5.41, 5.74) is -0.0871. The van der Waals surface area contributed by atoms with Gasteiger partial charge in [-0.2, -0.15) is 0 Å². The summed E-state index contributed by atoms with van der Waals surface area (Å²) in [4.78, 5) is 0. The number of halogens is 2. The van der Waals surface area contributed by atoms with Crippen molar-refractivity contribution < 1.29 is 18.6 Å². The van der Waals surface area contributed by atoms with E-state index in [1.165, 1.54) is 0 Å². The van der Waals surface area contributed by atoms with E-state index in [1.807, 2.05) is 0 Å². The first-order valence-corrected chi connectivity index (χ1v) is 5.72. The second-order valence-electron chi connectivity index (χ2n) is 4.89. The largest absolute Gasteiger partial charge is 0.390 e. The van der Waals surface area contributed by atoms with Gasteiger partial charge in [0.15, 0.2) is 0 Å². The third-order valence-electron chi connectivity index (χ3n) is 3.61. The molecule has 15 heavy (non-hydrogen) atoms. The second-order valence-corrected chi connectivity index (χ2v) is 4.89. The van der Waals surface area contributed by atoms with E-state index in [-0.39, 0.29) is 18.1 Å². The minimum atomic E-state index is -2.98. The number of hydrogen-bond acceptors (Lipinski definition) is 2. The fourth-order valence-electron chi connectivity index (χ4n) is 2.82. The molecule has 1 atom stereocenters. The van der Waals surface area contributed by atoms with Gasteiger partial charge in [0.2, 0.25) is 0 Å². The molecular weight excluding hydrogens is 202 g/mol. The first-order chi connectivity index (χ1) is 7.05. The molecular formula is C11H18F2O2. The quantitative estimate of drug-likeness (QED) is 0.791. The van der Waals surface area contributed by atoms with E-state index in [2.05, 4.69) is 0 Å². The number of aliphatic hydroxyl groups is 1. The van der Waals surface area contributed by atoms with Gasteiger partial charge >= 0.3 is 0 Å². The highest BCUT2D eigenvalue weighted by molar-refractivity contribution is 4.93. The predicted molar refractivity (Wildman–Crippen MR) is 52.0 cm³/mol. The number of hydrogen-bond donors (Lipinski definition) is 1. The second kappa shape index (κ2) is 3.98. The topological polar surface area (TPSA) is 29.5 Å². The molecule has 0 bridgehead atoms. The summed E-state index contributed by atoms with van der Waals surface area (Å²) in [5, 5.41) is 8.51. The highest BCUT2D eigenvalue weighted by atomic mass is 19.3. The molecule has 0 radical (unpaired) electrons. The van der Waals surface area contributed by atoms with Crippen LogP contribution in [-0.2, 0) is 4.74 Å². The maximum absolute atomic E-state index is 13.0. The van der Waals surface area contributed by atoms with Crippen molar-refractivity contribution in [3.05, 3.63) is 0 Å². The lowest BCUT2D eigenvalue weighted by molar-refractivity contribution is -0.111. The summed E-state index contributed by atoms with van der Waals surface area (Å²) in [7, 11) is 0. The van der Waals surface area contributed by atoms with Crippen molar-refractivity contribution in [3.63, 3.8) is 0 Å². The van der Waals surface area contributed by atoms with Crippen molar-refractivity contribution in [1.29, 1.82) is 0 Å². The molecule has 1 saturated heterocycles. The Balaban J connectivity index is 1.87. The third-order valence-corrected chi connectivity index (χ3v) is 3.61. The van der Waals surface area contributed by atoms with E-state index in [9.17, 15) is 8.78 Å². The molecule has 1 aliphatic heterocycles. The van der Waals surface area contributed by atoms with Crippen LogP contribution in [0, 0.1) is 0 Å². The van der Waals surface area contributed by atoms with Crippen LogP contribution in [0.3, 0.4) is 0 Å². The van der Waals surface area contributed by atoms with Crippen molar-refractivity contribution in [1.82, 2.24) is 0 Å². The van der Waals surface area contributed by atoms with Crippen LogP contribution in [0.25, 0.3) is 0 Å². The SMILES string of the molecule is OCC(F)(F)CC1CCC2(CCCC2)O1.